The number of non-ortho nitro benzene ring substituents is 1. The highest BCUT2D eigenvalue weighted by Gasteiger charge is 2.16. The first-order valence-electron chi connectivity index (χ1n) is 8.10. The average Bonchev–Trinajstić information content (AvgIpc) is 2.63. The molecule has 2 aromatic rings. The molecule has 0 saturated heterocycles. The first kappa shape index (κ1) is 20.5. The summed E-state index contributed by atoms with van der Waals surface area (Å²) in [5.74, 6) is 1.13. The molecule has 0 heterocycles. The quantitative estimate of drug-likeness (QED) is 0.527. The molecule has 2 aromatic carbocycles. The second-order valence-electron chi connectivity index (χ2n) is 5.96. The molecule has 2 N–H and O–H groups in total. The van der Waals surface area contributed by atoms with Crippen LogP contribution in [0.3, 0.4) is 0 Å². The monoisotopic (exact) mass is 394 g/mol. The van der Waals surface area contributed by atoms with Gasteiger partial charge in [-0.05, 0) is 18.2 Å². The molecular formula is C18H21ClN3O5+. The summed E-state index contributed by atoms with van der Waals surface area (Å²) in [5.41, 5.74) is 1.14. The lowest BCUT2D eigenvalue weighted by atomic mass is 10.2. The van der Waals surface area contributed by atoms with Gasteiger partial charge in [-0.2, -0.15) is 0 Å². The van der Waals surface area contributed by atoms with Crippen LogP contribution in [0.4, 0.5) is 11.4 Å². The van der Waals surface area contributed by atoms with Crippen LogP contribution in [0.2, 0.25) is 5.02 Å². The Kier molecular flexibility index (Phi) is 6.98. The number of hydrogen-bond acceptors (Lipinski definition) is 5. The van der Waals surface area contributed by atoms with Gasteiger partial charge in [-0.25, -0.2) is 0 Å². The number of benzene rings is 2. The van der Waals surface area contributed by atoms with Crippen LogP contribution in [0.5, 0.6) is 11.5 Å². The van der Waals surface area contributed by atoms with Gasteiger partial charge in [-0.15, -0.1) is 0 Å². The van der Waals surface area contributed by atoms with E-state index in [4.69, 9.17) is 21.1 Å². The molecular weight excluding hydrogens is 374 g/mol. The van der Waals surface area contributed by atoms with E-state index in [-0.39, 0.29) is 23.2 Å². The average molecular weight is 395 g/mol. The highest BCUT2D eigenvalue weighted by atomic mass is 35.5. The van der Waals surface area contributed by atoms with Crippen LogP contribution in [0.15, 0.2) is 36.4 Å². The van der Waals surface area contributed by atoms with E-state index in [1.165, 1.54) is 18.2 Å². The molecule has 1 unspecified atom stereocenters. The van der Waals surface area contributed by atoms with Crippen molar-refractivity contribution in [2.75, 3.05) is 33.1 Å². The van der Waals surface area contributed by atoms with Gasteiger partial charge in [0.05, 0.1) is 36.9 Å². The third-order valence-electron chi connectivity index (χ3n) is 3.89. The normalized spacial score (nSPS) is 11.6. The molecule has 0 aliphatic rings. The Morgan fingerprint density at radius 3 is 2.56 bits per heavy atom. The SMILES string of the molecule is COc1ccc(C[NH+](C)CC(=O)Nc2ccc([N+](=O)[O-])cc2Cl)c(OC)c1. The number of nitrogens with zero attached hydrogens (tertiary/aromatic N) is 1. The van der Waals surface area contributed by atoms with Gasteiger partial charge in [-0.3, -0.25) is 14.9 Å². The number of amides is 1. The number of hydrogen-bond donors (Lipinski definition) is 2. The Labute approximate surface area is 161 Å². The fraction of sp³-hybridized carbons (Fsp3) is 0.278. The lowest BCUT2D eigenvalue weighted by Crippen LogP contribution is -3.08. The van der Waals surface area contributed by atoms with E-state index in [2.05, 4.69) is 5.32 Å². The zero-order valence-electron chi connectivity index (χ0n) is 15.2. The molecule has 1 atom stereocenters. The van der Waals surface area contributed by atoms with Gasteiger partial charge in [0.1, 0.15) is 18.0 Å². The third kappa shape index (κ3) is 5.57. The molecule has 0 aromatic heterocycles. The Balaban J connectivity index is 1.99. The maximum atomic E-state index is 12.3. The number of halogens is 1. The summed E-state index contributed by atoms with van der Waals surface area (Å²) in [5, 5.41) is 13.5. The summed E-state index contributed by atoms with van der Waals surface area (Å²) in [6.07, 6.45) is 0. The Morgan fingerprint density at radius 2 is 1.96 bits per heavy atom. The summed E-state index contributed by atoms with van der Waals surface area (Å²) in [4.78, 5) is 23.4. The van der Waals surface area contributed by atoms with Crippen LogP contribution >= 0.6 is 11.6 Å². The first-order valence-corrected chi connectivity index (χ1v) is 8.47. The maximum Gasteiger partial charge on any atom is 0.279 e. The van der Waals surface area contributed by atoms with Crippen LogP contribution < -0.4 is 19.7 Å². The van der Waals surface area contributed by atoms with Crippen LogP contribution in [-0.4, -0.2) is 38.6 Å². The minimum atomic E-state index is -0.544. The molecule has 27 heavy (non-hydrogen) atoms. The molecule has 8 nitrogen and oxygen atoms in total. The van der Waals surface area contributed by atoms with E-state index < -0.39 is 4.92 Å². The summed E-state index contributed by atoms with van der Waals surface area (Å²) in [6.45, 7) is 0.747. The highest BCUT2D eigenvalue weighted by Crippen LogP contribution is 2.26. The number of likely N-dealkylation sites (N-methyl/N-ethyl adjacent to an activating group) is 1. The maximum absolute atomic E-state index is 12.3. The van der Waals surface area contributed by atoms with E-state index >= 15 is 0 Å². The fourth-order valence-electron chi connectivity index (χ4n) is 2.57. The standard InChI is InChI=1S/C18H20ClN3O5/c1-21(10-12-4-6-14(26-2)9-17(12)27-3)11-18(23)20-16-7-5-13(22(24)25)8-15(16)19/h4-9H,10-11H2,1-3H3,(H,20,23)/p+1. The van der Waals surface area contributed by atoms with Gasteiger partial charge >= 0.3 is 0 Å². The number of carbonyl (C=O) groups is 1. The highest BCUT2D eigenvalue weighted by molar-refractivity contribution is 6.33. The van der Waals surface area contributed by atoms with Crippen molar-refractivity contribution >= 4 is 28.9 Å². The van der Waals surface area contributed by atoms with Crippen molar-refractivity contribution in [3.05, 3.63) is 57.1 Å². The van der Waals surface area contributed by atoms with Crippen LogP contribution in [0.1, 0.15) is 5.56 Å². The molecule has 144 valence electrons. The largest absolute Gasteiger partial charge is 0.497 e. The van der Waals surface area contributed by atoms with Gasteiger partial charge < -0.3 is 19.7 Å². The van der Waals surface area contributed by atoms with Gasteiger partial charge in [-0.1, -0.05) is 11.6 Å². The van der Waals surface area contributed by atoms with Crippen molar-refractivity contribution in [2.24, 2.45) is 0 Å². The summed E-state index contributed by atoms with van der Waals surface area (Å²) >= 11 is 6.00. The zero-order valence-corrected chi connectivity index (χ0v) is 16.0. The third-order valence-corrected chi connectivity index (χ3v) is 4.20. The minimum Gasteiger partial charge on any atom is -0.497 e. The molecule has 0 radical (unpaired) electrons. The number of rotatable bonds is 8. The van der Waals surface area contributed by atoms with E-state index in [0.29, 0.717) is 23.7 Å². The summed E-state index contributed by atoms with van der Waals surface area (Å²) < 4.78 is 10.5. The molecule has 1 amide bonds. The zero-order chi connectivity index (χ0) is 20.0. The Bertz CT molecular complexity index is 844. The number of nitrogens with one attached hydrogen (secondary N) is 2. The van der Waals surface area contributed by atoms with Crippen LogP contribution in [0, 0.1) is 10.1 Å². The summed E-state index contributed by atoms with van der Waals surface area (Å²) in [6, 6.07) is 9.43. The number of anilines is 1. The van der Waals surface area contributed by atoms with Gasteiger partial charge in [0.2, 0.25) is 0 Å². The Morgan fingerprint density at radius 1 is 1.22 bits per heavy atom. The first-order chi connectivity index (χ1) is 12.8. The smallest absolute Gasteiger partial charge is 0.279 e. The van der Waals surface area contributed by atoms with Crippen molar-refractivity contribution in [1.29, 1.82) is 0 Å². The number of nitro groups is 1. The number of nitro benzene ring substituents is 1. The lowest BCUT2D eigenvalue weighted by molar-refractivity contribution is -0.885. The molecule has 0 spiro atoms. The predicted octanol–water partition coefficient (Wildman–Crippen LogP) is 1.92. The van der Waals surface area contributed by atoms with Gasteiger partial charge in [0.15, 0.2) is 6.54 Å². The number of ether oxygens (including phenoxy) is 2. The second-order valence-corrected chi connectivity index (χ2v) is 6.37. The Hall–Kier alpha value is -2.84. The minimum absolute atomic E-state index is 0.118. The van der Waals surface area contributed by atoms with E-state index in [9.17, 15) is 14.9 Å². The molecule has 2 rings (SSSR count). The van der Waals surface area contributed by atoms with Crippen molar-refractivity contribution in [1.82, 2.24) is 0 Å². The molecule has 0 fully saturated rings. The van der Waals surface area contributed by atoms with Gasteiger partial charge in [0, 0.05) is 23.8 Å². The fourth-order valence-corrected chi connectivity index (χ4v) is 2.79. The number of methoxy groups -OCH3 is 2. The van der Waals surface area contributed by atoms with Crippen LogP contribution in [-0.2, 0) is 11.3 Å². The van der Waals surface area contributed by atoms with E-state index in [0.717, 1.165) is 10.5 Å². The van der Waals surface area contributed by atoms with Crippen molar-refractivity contribution in [3.63, 3.8) is 0 Å². The number of quaternary nitrogens is 1. The summed E-state index contributed by atoms with van der Waals surface area (Å²) in [7, 11) is 5.04. The van der Waals surface area contributed by atoms with Crippen molar-refractivity contribution < 1.29 is 24.1 Å². The lowest BCUT2D eigenvalue weighted by Gasteiger charge is -2.16. The van der Waals surface area contributed by atoms with E-state index in [1.54, 1.807) is 20.3 Å². The molecule has 0 aliphatic heterocycles. The topological polar surface area (TPSA) is 95.1 Å². The van der Waals surface area contributed by atoms with Crippen LogP contribution in [0.25, 0.3) is 0 Å². The van der Waals surface area contributed by atoms with Crippen molar-refractivity contribution in [3.8, 4) is 11.5 Å². The second kappa shape index (κ2) is 9.20. The molecule has 9 heteroatoms. The van der Waals surface area contributed by atoms with Crippen molar-refractivity contribution in [2.45, 2.75) is 6.54 Å². The molecule has 0 bridgehead atoms. The molecule has 0 saturated carbocycles. The van der Waals surface area contributed by atoms with Gasteiger partial charge in [0.25, 0.3) is 11.6 Å². The van der Waals surface area contributed by atoms with E-state index in [1.807, 2.05) is 19.2 Å². The predicted molar refractivity (Wildman–Crippen MR) is 102 cm³/mol. The molecule has 0 aliphatic carbocycles. The number of carbonyl (C=O) groups excluding carboxylic acids is 1.